The first kappa shape index (κ1) is 26.5. The van der Waals surface area contributed by atoms with Crippen molar-refractivity contribution in [3.8, 4) is 23.0 Å². The summed E-state index contributed by atoms with van der Waals surface area (Å²) in [7, 11) is 3.11. The summed E-state index contributed by atoms with van der Waals surface area (Å²) in [5.41, 5.74) is 3.21. The van der Waals surface area contributed by atoms with E-state index in [0.29, 0.717) is 57.2 Å². The number of esters is 1. The number of amides is 1. The SMILES string of the molecule is CCOC(=O)C1=C(C)N=C2SC=C(CC(=O)NCc3ccc4c(c3)OCO4)N2[C@H]1c1cccc(OC)c1OC. The van der Waals surface area contributed by atoms with Crippen molar-refractivity contribution in [1.82, 2.24) is 10.2 Å². The van der Waals surface area contributed by atoms with E-state index in [-0.39, 0.29) is 25.7 Å². The normalized spacial score (nSPS) is 17.3. The summed E-state index contributed by atoms with van der Waals surface area (Å²) in [5, 5.41) is 5.52. The van der Waals surface area contributed by atoms with Gasteiger partial charge in [-0.3, -0.25) is 4.79 Å². The van der Waals surface area contributed by atoms with Gasteiger partial charge in [0.15, 0.2) is 28.2 Å². The van der Waals surface area contributed by atoms with Crippen LogP contribution < -0.4 is 24.3 Å². The van der Waals surface area contributed by atoms with Crippen LogP contribution in [-0.4, -0.2) is 49.6 Å². The summed E-state index contributed by atoms with van der Waals surface area (Å²) in [4.78, 5) is 32.9. The number of amidine groups is 1. The Bertz CT molecular complexity index is 1400. The van der Waals surface area contributed by atoms with Crippen molar-refractivity contribution in [3.63, 3.8) is 0 Å². The second-order valence-corrected chi connectivity index (χ2v) is 9.67. The second kappa shape index (κ2) is 11.3. The Labute approximate surface area is 230 Å². The van der Waals surface area contributed by atoms with Crippen LogP contribution in [0.1, 0.15) is 37.4 Å². The summed E-state index contributed by atoms with van der Waals surface area (Å²) < 4.78 is 27.5. The van der Waals surface area contributed by atoms with Crippen LogP contribution in [0.15, 0.2) is 63.8 Å². The van der Waals surface area contributed by atoms with Gasteiger partial charge in [0.05, 0.1) is 44.6 Å². The van der Waals surface area contributed by atoms with Crippen LogP contribution in [0.25, 0.3) is 0 Å². The molecular weight excluding hydrogens is 522 g/mol. The molecule has 11 heteroatoms. The summed E-state index contributed by atoms with van der Waals surface area (Å²) in [6.07, 6.45) is 0.0779. The topological polar surface area (TPSA) is 108 Å². The Morgan fingerprint density at radius 1 is 1.15 bits per heavy atom. The molecule has 3 heterocycles. The number of hydrogen-bond donors (Lipinski definition) is 1. The molecular formula is C28H29N3O7S. The number of para-hydroxylation sites is 1. The van der Waals surface area contributed by atoms with E-state index < -0.39 is 12.0 Å². The van der Waals surface area contributed by atoms with Gasteiger partial charge in [0.2, 0.25) is 12.7 Å². The molecule has 0 saturated heterocycles. The Morgan fingerprint density at radius 2 is 1.97 bits per heavy atom. The summed E-state index contributed by atoms with van der Waals surface area (Å²) in [6, 6.07) is 10.4. The molecule has 0 fully saturated rings. The third-order valence-corrected chi connectivity index (χ3v) is 7.38. The monoisotopic (exact) mass is 551 g/mol. The predicted octanol–water partition coefficient (Wildman–Crippen LogP) is 4.28. The van der Waals surface area contributed by atoms with E-state index in [9.17, 15) is 9.59 Å². The van der Waals surface area contributed by atoms with Gasteiger partial charge < -0.3 is 33.9 Å². The van der Waals surface area contributed by atoms with Crippen molar-refractivity contribution in [1.29, 1.82) is 0 Å². The molecule has 3 aliphatic heterocycles. The molecule has 0 aromatic heterocycles. The number of aliphatic imine (C=N–C) groups is 1. The molecule has 2 aromatic rings. The molecule has 5 rings (SSSR count). The number of benzene rings is 2. The minimum Gasteiger partial charge on any atom is -0.493 e. The number of ether oxygens (including phenoxy) is 5. The first-order valence-corrected chi connectivity index (χ1v) is 13.3. The van der Waals surface area contributed by atoms with Crippen LogP contribution in [-0.2, 0) is 20.9 Å². The largest absolute Gasteiger partial charge is 0.493 e. The van der Waals surface area contributed by atoms with E-state index in [1.54, 1.807) is 34.1 Å². The number of hydrogen-bond acceptors (Lipinski definition) is 10. The van der Waals surface area contributed by atoms with E-state index in [0.717, 1.165) is 5.56 Å². The van der Waals surface area contributed by atoms with E-state index in [4.69, 9.17) is 23.7 Å². The third-order valence-electron chi connectivity index (χ3n) is 6.49. The lowest BCUT2D eigenvalue weighted by Gasteiger charge is -2.37. The maximum atomic E-state index is 13.2. The van der Waals surface area contributed by atoms with E-state index >= 15 is 0 Å². The molecule has 0 spiro atoms. The Balaban J connectivity index is 1.43. The highest BCUT2D eigenvalue weighted by Crippen LogP contribution is 2.48. The molecule has 204 valence electrons. The molecule has 0 radical (unpaired) electrons. The van der Waals surface area contributed by atoms with Crippen LogP contribution >= 0.6 is 11.8 Å². The lowest BCUT2D eigenvalue weighted by molar-refractivity contribution is -0.139. The number of carbonyl (C=O) groups excluding carboxylic acids is 2. The average Bonchev–Trinajstić information content (AvgIpc) is 3.57. The fourth-order valence-corrected chi connectivity index (χ4v) is 5.70. The highest BCUT2D eigenvalue weighted by molar-refractivity contribution is 8.16. The molecule has 1 amide bonds. The third kappa shape index (κ3) is 5.14. The number of fused-ring (bicyclic) bond motifs is 2. The summed E-state index contributed by atoms with van der Waals surface area (Å²) >= 11 is 1.40. The molecule has 0 bridgehead atoms. The lowest BCUT2D eigenvalue weighted by Crippen LogP contribution is -2.38. The van der Waals surface area contributed by atoms with Crippen molar-refractivity contribution < 1.29 is 33.3 Å². The summed E-state index contributed by atoms with van der Waals surface area (Å²) in [5.74, 6) is 1.71. The minimum atomic E-state index is -0.635. The number of rotatable bonds is 9. The van der Waals surface area contributed by atoms with Crippen molar-refractivity contribution in [2.45, 2.75) is 32.9 Å². The number of methoxy groups -OCH3 is 2. The Morgan fingerprint density at radius 3 is 2.74 bits per heavy atom. The zero-order valence-corrected chi connectivity index (χ0v) is 22.9. The van der Waals surface area contributed by atoms with Crippen molar-refractivity contribution >= 4 is 28.8 Å². The maximum Gasteiger partial charge on any atom is 0.338 e. The van der Waals surface area contributed by atoms with Gasteiger partial charge in [0, 0.05) is 17.8 Å². The van der Waals surface area contributed by atoms with E-state index in [1.807, 2.05) is 40.6 Å². The van der Waals surface area contributed by atoms with Crippen LogP contribution in [0.3, 0.4) is 0 Å². The molecule has 3 aliphatic rings. The van der Waals surface area contributed by atoms with Crippen LogP contribution in [0.5, 0.6) is 23.0 Å². The van der Waals surface area contributed by atoms with Gasteiger partial charge in [-0.05, 0) is 43.0 Å². The number of nitrogens with zero attached hydrogens (tertiary/aromatic N) is 2. The van der Waals surface area contributed by atoms with Gasteiger partial charge in [-0.15, -0.1) is 0 Å². The van der Waals surface area contributed by atoms with E-state index in [1.165, 1.54) is 11.8 Å². The molecule has 2 aromatic carbocycles. The van der Waals surface area contributed by atoms with Crippen LogP contribution in [0.2, 0.25) is 0 Å². The first-order valence-electron chi connectivity index (χ1n) is 12.4. The lowest BCUT2D eigenvalue weighted by atomic mass is 9.92. The molecule has 0 aliphatic carbocycles. The number of carbonyl (C=O) groups is 2. The molecule has 1 atom stereocenters. The second-order valence-electron chi connectivity index (χ2n) is 8.84. The van der Waals surface area contributed by atoms with Gasteiger partial charge in [0.1, 0.15) is 0 Å². The zero-order valence-electron chi connectivity index (χ0n) is 22.1. The highest BCUT2D eigenvalue weighted by atomic mass is 32.2. The van der Waals surface area contributed by atoms with Crippen molar-refractivity contribution in [3.05, 3.63) is 69.9 Å². The molecule has 39 heavy (non-hydrogen) atoms. The van der Waals surface area contributed by atoms with Crippen molar-refractivity contribution in [2.24, 2.45) is 4.99 Å². The van der Waals surface area contributed by atoms with Crippen molar-refractivity contribution in [2.75, 3.05) is 27.6 Å². The van der Waals surface area contributed by atoms with Gasteiger partial charge in [-0.25, -0.2) is 9.79 Å². The number of nitrogens with one attached hydrogen (secondary N) is 1. The molecule has 0 unspecified atom stereocenters. The predicted molar refractivity (Wildman–Crippen MR) is 146 cm³/mol. The fourth-order valence-electron chi connectivity index (χ4n) is 4.74. The summed E-state index contributed by atoms with van der Waals surface area (Å²) in [6.45, 7) is 4.28. The standard InChI is InChI=1S/C28H29N3O7S/c1-5-36-27(33)24-16(2)30-28-31(25(24)19-7-6-8-21(34-3)26(19)35-4)18(14-39-28)12-23(32)29-13-17-9-10-20-22(11-17)38-15-37-20/h6-11,14,25H,5,12-13,15H2,1-4H3,(H,29,32)/t25-/m0/s1. The van der Waals surface area contributed by atoms with Crippen LogP contribution in [0.4, 0.5) is 0 Å². The fraction of sp³-hybridized carbons (Fsp3) is 0.321. The number of allylic oxidation sites excluding steroid dienone is 1. The van der Waals surface area contributed by atoms with Crippen LogP contribution in [0, 0.1) is 0 Å². The number of thioether (sulfide) groups is 1. The minimum absolute atomic E-state index is 0.0779. The van der Waals surface area contributed by atoms with Gasteiger partial charge in [-0.1, -0.05) is 30.0 Å². The van der Waals surface area contributed by atoms with Gasteiger partial charge in [0.25, 0.3) is 0 Å². The zero-order chi connectivity index (χ0) is 27.5. The van der Waals surface area contributed by atoms with Gasteiger partial charge in [-0.2, -0.15) is 0 Å². The molecule has 10 nitrogen and oxygen atoms in total. The Hall–Kier alpha value is -4.12. The first-order chi connectivity index (χ1) is 18.9. The highest BCUT2D eigenvalue weighted by Gasteiger charge is 2.42. The smallest absolute Gasteiger partial charge is 0.338 e. The molecule has 1 N–H and O–H groups in total. The quantitative estimate of drug-likeness (QED) is 0.457. The Kier molecular flexibility index (Phi) is 7.69. The average molecular weight is 552 g/mol. The maximum absolute atomic E-state index is 13.2. The van der Waals surface area contributed by atoms with Gasteiger partial charge >= 0.3 is 5.97 Å². The van der Waals surface area contributed by atoms with E-state index in [2.05, 4.69) is 10.3 Å². The molecule has 0 saturated carbocycles.